The number of carbonyl (C=O) groups is 1. The molecule has 1 amide bonds. The Morgan fingerprint density at radius 3 is 1.95 bits per heavy atom. The van der Waals surface area contributed by atoms with Crippen LogP contribution in [0.15, 0.2) is 0 Å². The number of hydrogen-bond acceptors (Lipinski definition) is 1. The zero-order valence-corrected chi connectivity index (χ0v) is 13.0. The lowest BCUT2D eigenvalue weighted by atomic mass is 9.51. The van der Waals surface area contributed by atoms with Crippen molar-refractivity contribution in [3.8, 4) is 0 Å². The van der Waals surface area contributed by atoms with Gasteiger partial charge in [-0.15, -0.1) is 23.2 Å². The fraction of sp³-hybridized carbons (Fsp3) is 0.933. The van der Waals surface area contributed by atoms with Gasteiger partial charge in [0, 0.05) is 17.7 Å². The van der Waals surface area contributed by atoms with Crippen molar-refractivity contribution in [2.45, 2.75) is 44.6 Å². The summed E-state index contributed by atoms with van der Waals surface area (Å²) in [6, 6.07) is 0. The zero-order valence-electron chi connectivity index (χ0n) is 11.5. The monoisotopic (exact) mass is 303 g/mol. The third-order valence-electron chi connectivity index (χ3n) is 5.54. The summed E-state index contributed by atoms with van der Waals surface area (Å²) in [6.07, 6.45) is 6.49. The molecule has 0 aromatic carbocycles. The van der Waals surface area contributed by atoms with E-state index in [9.17, 15) is 4.79 Å². The van der Waals surface area contributed by atoms with Gasteiger partial charge in [0.2, 0.25) is 5.91 Å². The van der Waals surface area contributed by atoms with Crippen molar-refractivity contribution in [1.82, 2.24) is 5.32 Å². The van der Waals surface area contributed by atoms with Crippen LogP contribution in [0.4, 0.5) is 0 Å². The minimum Gasteiger partial charge on any atom is -0.348 e. The molecule has 4 bridgehead atoms. The predicted octanol–water partition coefficient (Wildman–Crippen LogP) is 3.41. The molecule has 0 aromatic heterocycles. The second kappa shape index (κ2) is 5.11. The van der Waals surface area contributed by atoms with Gasteiger partial charge in [0.05, 0.1) is 5.54 Å². The van der Waals surface area contributed by atoms with Crippen molar-refractivity contribution in [2.24, 2.45) is 29.6 Å². The third-order valence-corrected chi connectivity index (χ3v) is 6.72. The number of hydrogen-bond donors (Lipinski definition) is 1. The molecule has 4 fully saturated rings. The van der Waals surface area contributed by atoms with E-state index in [0.29, 0.717) is 23.6 Å². The molecule has 108 valence electrons. The van der Waals surface area contributed by atoms with Crippen LogP contribution in [0.5, 0.6) is 0 Å². The Morgan fingerprint density at radius 2 is 1.53 bits per heavy atom. The lowest BCUT2D eigenvalue weighted by Crippen LogP contribution is -2.57. The molecular formula is C15H23Cl2NO. The molecule has 4 aliphatic carbocycles. The minimum absolute atomic E-state index is 0.206. The molecule has 0 spiro atoms. The summed E-state index contributed by atoms with van der Waals surface area (Å²) in [5.74, 6) is 4.21. The molecule has 4 saturated carbocycles. The standard InChI is InChI=1S/C15H23Cl2NO/c1-15(7-16,8-17)18-14(19)13-11-3-9-2-10(5-11)6-12(13)4-9/h9-13H,2-8H2,1H3,(H,18,19). The first-order valence-corrected chi connectivity index (χ1v) is 8.55. The van der Waals surface area contributed by atoms with E-state index in [-0.39, 0.29) is 11.8 Å². The Bertz CT molecular complexity index is 339. The fourth-order valence-corrected chi connectivity index (χ4v) is 5.26. The molecule has 0 heterocycles. The molecule has 1 N–H and O–H groups in total. The second-order valence-electron chi connectivity index (χ2n) is 7.27. The fourth-order valence-electron chi connectivity index (χ4n) is 4.84. The van der Waals surface area contributed by atoms with Crippen molar-refractivity contribution >= 4 is 29.1 Å². The Balaban J connectivity index is 1.70. The number of nitrogens with one attached hydrogen (secondary N) is 1. The van der Waals surface area contributed by atoms with Gasteiger partial charge < -0.3 is 5.32 Å². The van der Waals surface area contributed by atoms with E-state index in [0.717, 1.165) is 11.8 Å². The van der Waals surface area contributed by atoms with Crippen molar-refractivity contribution in [1.29, 1.82) is 0 Å². The highest BCUT2D eigenvalue weighted by atomic mass is 35.5. The van der Waals surface area contributed by atoms with Gasteiger partial charge in [-0.3, -0.25) is 4.79 Å². The van der Waals surface area contributed by atoms with Gasteiger partial charge in [0.1, 0.15) is 0 Å². The van der Waals surface area contributed by atoms with Crippen molar-refractivity contribution in [3.05, 3.63) is 0 Å². The number of halogens is 2. The highest BCUT2D eigenvalue weighted by Gasteiger charge is 2.51. The summed E-state index contributed by atoms with van der Waals surface area (Å²) >= 11 is 11.9. The van der Waals surface area contributed by atoms with Crippen LogP contribution in [0.2, 0.25) is 0 Å². The SMILES string of the molecule is CC(CCl)(CCl)NC(=O)C1C2CC3CC(C2)CC1C3. The van der Waals surface area contributed by atoms with Crippen LogP contribution in [0, 0.1) is 29.6 Å². The smallest absolute Gasteiger partial charge is 0.224 e. The van der Waals surface area contributed by atoms with Crippen LogP contribution in [0.3, 0.4) is 0 Å². The highest BCUT2D eigenvalue weighted by molar-refractivity contribution is 6.22. The Labute approximate surface area is 125 Å². The summed E-state index contributed by atoms with van der Waals surface area (Å²) in [5.41, 5.74) is -0.463. The Hall–Kier alpha value is 0.0500. The maximum absolute atomic E-state index is 12.6. The van der Waals surface area contributed by atoms with E-state index in [1.807, 2.05) is 6.92 Å². The van der Waals surface area contributed by atoms with Crippen LogP contribution < -0.4 is 5.32 Å². The van der Waals surface area contributed by atoms with Gasteiger partial charge in [-0.1, -0.05) is 0 Å². The average Bonchev–Trinajstić information content (AvgIpc) is 2.37. The largest absolute Gasteiger partial charge is 0.348 e. The van der Waals surface area contributed by atoms with E-state index < -0.39 is 5.54 Å². The number of rotatable bonds is 4. The lowest BCUT2D eigenvalue weighted by Gasteiger charge is -2.54. The van der Waals surface area contributed by atoms with Crippen molar-refractivity contribution in [2.75, 3.05) is 11.8 Å². The molecule has 0 saturated heterocycles. The predicted molar refractivity (Wildman–Crippen MR) is 78.5 cm³/mol. The number of carbonyl (C=O) groups excluding carboxylic acids is 1. The summed E-state index contributed by atoms with van der Waals surface area (Å²) in [7, 11) is 0. The van der Waals surface area contributed by atoms with Crippen LogP contribution in [0.25, 0.3) is 0 Å². The zero-order chi connectivity index (χ0) is 13.6. The van der Waals surface area contributed by atoms with E-state index >= 15 is 0 Å². The van der Waals surface area contributed by atoms with E-state index in [4.69, 9.17) is 23.2 Å². The summed E-state index contributed by atoms with van der Waals surface area (Å²) in [4.78, 5) is 12.6. The average molecular weight is 304 g/mol. The molecule has 0 aliphatic heterocycles. The van der Waals surface area contributed by atoms with Gasteiger partial charge in [-0.05, 0) is 62.7 Å². The summed E-state index contributed by atoms with van der Waals surface area (Å²) < 4.78 is 0. The number of alkyl halides is 2. The molecular weight excluding hydrogens is 281 g/mol. The van der Waals surface area contributed by atoms with Gasteiger partial charge in [0.25, 0.3) is 0 Å². The van der Waals surface area contributed by atoms with Crippen molar-refractivity contribution < 1.29 is 4.79 Å². The first-order chi connectivity index (χ1) is 9.04. The molecule has 19 heavy (non-hydrogen) atoms. The summed E-state index contributed by atoms with van der Waals surface area (Å²) in [6.45, 7) is 1.93. The van der Waals surface area contributed by atoms with Crippen LogP contribution >= 0.6 is 23.2 Å². The Kier molecular flexibility index (Phi) is 3.77. The maximum atomic E-state index is 12.6. The molecule has 4 rings (SSSR count). The molecule has 2 nitrogen and oxygen atoms in total. The quantitative estimate of drug-likeness (QED) is 0.792. The molecule has 0 unspecified atom stereocenters. The first kappa shape index (κ1) is 14.0. The van der Waals surface area contributed by atoms with E-state index in [1.54, 1.807) is 0 Å². The molecule has 0 aromatic rings. The van der Waals surface area contributed by atoms with Gasteiger partial charge in [0.15, 0.2) is 0 Å². The molecule has 4 aliphatic rings. The number of amides is 1. The maximum Gasteiger partial charge on any atom is 0.224 e. The van der Waals surface area contributed by atoms with E-state index in [2.05, 4.69) is 5.32 Å². The normalized spacial score (nSPS) is 40.5. The summed E-state index contributed by atoms with van der Waals surface area (Å²) in [5, 5.41) is 3.12. The lowest BCUT2D eigenvalue weighted by molar-refractivity contribution is -0.139. The van der Waals surface area contributed by atoms with Crippen molar-refractivity contribution in [3.63, 3.8) is 0 Å². The van der Waals surface area contributed by atoms with Gasteiger partial charge in [-0.2, -0.15) is 0 Å². The minimum atomic E-state index is -0.463. The first-order valence-electron chi connectivity index (χ1n) is 7.48. The van der Waals surface area contributed by atoms with Crippen LogP contribution in [-0.4, -0.2) is 23.2 Å². The molecule has 4 heteroatoms. The second-order valence-corrected chi connectivity index (χ2v) is 7.81. The topological polar surface area (TPSA) is 29.1 Å². The molecule has 0 radical (unpaired) electrons. The van der Waals surface area contributed by atoms with Crippen LogP contribution in [-0.2, 0) is 4.79 Å². The van der Waals surface area contributed by atoms with Crippen LogP contribution in [0.1, 0.15) is 39.0 Å². The van der Waals surface area contributed by atoms with Gasteiger partial charge in [-0.25, -0.2) is 0 Å². The highest BCUT2D eigenvalue weighted by Crippen LogP contribution is 2.56. The van der Waals surface area contributed by atoms with Gasteiger partial charge >= 0.3 is 0 Å². The third kappa shape index (κ3) is 2.51. The Morgan fingerprint density at radius 1 is 1.05 bits per heavy atom. The molecule has 0 atom stereocenters. The van der Waals surface area contributed by atoms with E-state index in [1.165, 1.54) is 32.1 Å².